The number of ether oxygens (including phenoxy) is 1. The van der Waals surface area contributed by atoms with Crippen molar-refractivity contribution in [2.45, 2.75) is 0 Å². The SMILES string of the molecule is O=C(F)Oc1ccccc1F. The van der Waals surface area contributed by atoms with Crippen molar-refractivity contribution in [1.29, 1.82) is 0 Å². The van der Waals surface area contributed by atoms with Crippen molar-refractivity contribution in [2.24, 2.45) is 0 Å². The Morgan fingerprint density at radius 1 is 1.36 bits per heavy atom. The van der Waals surface area contributed by atoms with Crippen LogP contribution < -0.4 is 4.74 Å². The number of carbonyl (C=O) groups excluding carboxylic acids is 1. The van der Waals surface area contributed by atoms with Gasteiger partial charge in [0.25, 0.3) is 0 Å². The maximum atomic E-state index is 12.5. The smallest absolute Gasteiger partial charge is 0.398 e. The fourth-order valence-electron chi connectivity index (χ4n) is 0.614. The summed E-state index contributed by atoms with van der Waals surface area (Å²) < 4.78 is 27.9. The van der Waals surface area contributed by atoms with Crippen LogP contribution in [0.15, 0.2) is 24.3 Å². The zero-order valence-electron chi connectivity index (χ0n) is 5.38. The molecule has 0 bridgehead atoms. The van der Waals surface area contributed by atoms with E-state index in [1.165, 1.54) is 12.1 Å². The van der Waals surface area contributed by atoms with Crippen molar-refractivity contribution in [3.05, 3.63) is 30.1 Å². The average Bonchev–Trinajstić information content (AvgIpc) is 1.93. The van der Waals surface area contributed by atoms with Crippen LogP contribution >= 0.6 is 0 Å². The predicted octanol–water partition coefficient (Wildman–Crippen LogP) is 2.29. The van der Waals surface area contributed by atoms with Gasteiger partial charge in [-0.15, -0.1) is 4.39 Å². The van der Waals surface area contributed by atoms with Crippen molar-refractivity contribution < 1.29 is 18.3 Å². The molecule has 11 heavy (non-hydrogen) atoms. The van der Waals surface area contributed by atoms with Crippen LogP contribution in [0.25, 0.3) is 0 Å². The molecule has 1 aromatic carbocycles. The van der Waals surface area contributed by atoms with Crippen LogP contribution in [-0.4, -0.2) is 6.22 Å². The van der Waals surface area contributed by atoms with Gasteiger partial charge in [0.15, 0.2) is 11.6 Å². The Hall–Kier alpha value is -1.45. The molecular formula is C7H4F2O2. The monoisotopic (exact) mass is 158 g/mol. The summed E-state index contributed by atoms with van der Waals surface area (Å²) in [4.78, 5) is 9.71. The summed E-state index contributed by atoms with van der Waals surface area (Å²) >= 11 is 0. The second-order valence-electron chi connectivity index (χ2n) is 1.77. The molecule has 0 atom stereocenters. The van der Waals surface area contributed by atoms with E-state index in [0.29, 0.717) is 0 Å². The molecule has 0 aliphatic heterocycles. The van der Waals surface area contributed by atoms with Gasteiger partial charge in [-0.1, -0.05) is 12.1 Å². The Morgan fingerprint density at radius 3 is 2.55 bits per heavy atom. The molecule has 0 heterocycles. The number of halogens is 2. The summed E-state index contributed by atoms with van der Waals surface area (Å²) in [5, 5.41) is 0. The topological polar surface area (TPSA) is 26.3 Å². The van der Waals surface area contributed by atoms with Gasteiger partial charge >= 0.3 is 6.22 Å². The first-order valence-electron chi connectivity index (χ1n) is 2.82. The number of rotatable bonds is 1. The molecule has 0 saturated carbocycles. The summed E-state index contributed by atoms with van der Waals surface area (Å²) in [6.45, 7) is 0. The summed E-state index contributed by atoms with van der Waals surface area (Å²) in [5.74, 6) is -1.17. The van der Waals surface area contributed by atoms with E-state index in [9.17, 15) is 13.6 Å². The Bertz CT molecular complexity index is 273. The van der Waals surface area contributed by atoms with E-state index in [-0.39, 0.29) is 0 Å². The van der Waals surface area contributed by atoms with Gasteiger partial charge in [-0.3, -0.25) is 0 Å². The molecule has 0 saturated heterocycles. The highest BCUT2D eigenvalue weighted by Gasteiger charge is 2.05. The predicted molar refractivity (Wildman–Crippen MR) is 33.5 cm³/mol. The van der Waals surface area contributed by atoms with E-state index in [4.69, 9.17) is 0 Å². The number of para-hydroxylation sites is 1. The lowest BCUT2D eigenvalue weighted by atomic mass is 10.3. The van der Waals surface area contributed by atoms with Crippen LogP contribution in [0.4, 0.5) is 13.6 Å². The second kappa shape index (κ2) is 3.09. The van der Waals surface area contributed by atoms with Gasteiger partial charge in [-0.25, -0.2) is 9.18 Å². The van der Waals surface area contributed by atoms with Gasteiger partial charge in [-0.05, 0) is 12.1 Å². The fraction of sp³-hybridized carbons (Fsp3) is 0. The summed E-state index contributed by atoms with van der Waals surface area (Å²) in [6.07, 6.45) is -2.02. The largest absolute Gasteiger partial charge is 0.501 e. The molecule has 2 nitrogen and oxygen atoms in total. The molecule has 1 rings (SSSR count). The molecule has 0 aliphatic carbocycles. The standard InChI is InChI=1S/C7H4F2O2/c8-5-3-1-2-4-6(5)11-7(9)10/h1-4H. The Balaban J connectivity index is 2.86. The highest BCUT2D eigenvalue weighted by molar-refractivity contribution is 5.62. The summed E-state index contributed by atoms with van der Waals surface area (Å²) in [5.41, 5.74) is 0. The van der Waals surface area contributed by atoms with Gasteiger partial charge in [0.2, 0.25) is 0 Å². The van der Waals surface area contributed by atoms with Crippen molar-refractivity contribution in [1.82, 2.24) is 0 Å². The fourth-order valence-corrected chi connectivity index (χ4v) is 0.614. The number of hydrogen-bond donors (Lipinski definition) is 0. The van der Waals surface area contributed by atoms with Crippen LogP contribution in [0.2, 0.25) is 0 Å². The summed E-state index contributed by atoms with van der Waals surface area (Å²) in [7, 11) is 0. The molecule has 4 heteroatoms. The van der Waals surface area contributed by atoms with E-state index in [1.54, 1.807) is 0 Å². The molecule has 0 spiro atoms. The second-order valence-corrected chi connectivity index (χ2v) is 1.77. The molecule has 0 fully saturated rings. The van der Waals surface area contributed by atoms with Gasteiger partial charge in [-0.2, -0.15) is 0 Å². The van der Waals surface area contributed by atoms with E-state index in [0.717, 1.165) is 12.1 Å². The van der Waals surface area contributed by atoms with Gasteiger partial charge < -0.3 is 4.74 Å². The van der Waals surface area contributed by atoms with Crippen LogP contribution in [0, 0.1) is 5.82 Å². The van der Waals surface area contributed by atoms with Gasteiger partial charge in [0, 0.05) is 0 Å². The van der Waals surface area contributed by atoms with Crippen LogP contribution in [-0.2, 0) is 0 Å². The first kappa shape index (κ1) is 7.65. The Morgan fingerprint density at radius 2 is 2.00 bits per heavy atom. The first-order chi connectivity index (χ1) is 5.20. The zero-order chi connectivity index (χ0) is 8.27. The Kier molecular flexibility index (Phi) is 2.15. The van der Waals surface area contributed by atoms with Crippen molar-refractivity contribution in [3.63, 3.8) is 0 Å². The quantitative estimate of drug-likeness (QED) is 0.586. The normalized spacial score (nSPS) is 9.27. The highest BCUT2D eigenvalue weighted by atomic mass is 19.1. The molecule has 0 unspecified atom stereocenters. The zero-order valence-corrected chi connectivity index (χ0v) is 5.38. The van der Waals surface area contributed by atoms with Gasteiger partial charge in [0.05, 0.1) is 0 Å². The maximum Gasteiger partial charge on any atom is 0.501 e. The average molecular weight is 158 g/mol. The number of carbonyl (C=O) groups is 1. The van der Waals surface area contributed by atoms with Gasteiger partial charge in [0.1, 0.15) is 0 Å². The Labute approximate surface area is 61.4 Å². The molecule has 0 amide bonds. The maximum absolute atomic E-state index is 12.5. The molecular weight excluding hydrogens is 154 g/mol. The molecule has 0 radical (unpaired) electrons. The minimum atomic E-state index is -2.02. The van der Waals surface area contributed by atoms with E-state index >= 15 is 0 Å². The van der Waals surface area contributed by atoms with Crippen LogP contribution in [0.5, 0.6) is 5.75 Å². The van der Waals surface area contributed by atoms with E-state index in [1.807, 2.05) is 0 Å². The third kappa shape index (κ3) is 2.00. The lowest BCUT2D eigenvalue weighted by molar-refractivity contribution is 0.173. The number of benzene rings is 1. The molecule has 1 aromatic rings. The van der Waals surface area contributed by atoms with Crippen molar-refractivity contribution in [2.75, 3.05) is 0 Å². The van der Waals surface area contributed by atoms with Crippen LogP contribution in [0.1, 0.15) is 0 Å². The van der Waals surface area contributed by atoms with Crippen molar-refractivity contribution >= 4 is 6.22 Å². The minimum Gasteiger partial charge on any atom is -0.398 e. The lowest BCUT2D eigenvalue weighted by Gasteiger charge is -1.97. The minimum absolute atomic E-state index is 0.403. The molecule has 58 valence electrons. The highest BCUT2D eigenvalue weighted by Crippen LogP contribution is 2.15. The lowest BCUT2D eigenvalue weighted by Crippen LogP contribution is -1.98. The summed E-state index contributed by atoms with van der Waals surface area (Å²) in [6, 6.07) is 5.07. The molecule has 0 aromatic heterocycles. The van der Waals surface area contributed by atoms with Crippen LogP contribution in [0.3, 0.4) is 0 Å². The third-order valence-corrected chi connectivity index (χ3v) is 1.03. The molecule has 0 N–H and O–H groups in total. The van der Waals surface area contributed by atoms with E-state index < -0.39 is 17.8 Å². The molecule has 0 aliphatic rings. The van der Waals surface area contributed by atoms with E-state index in [2.05, 4.69) is 4.74 Å². The van der Waals surface area contributed by atoms with Crippen molar-refractivity contribution in [3.8, 4) is 5.75 Å². The third-order valence-electron chi connectivity index (χ3n) is 1.03. The number of hydrogen-bond acceptors (Lipinski definition) is 2. The first-order valence-corrected chi connectivity index (χ1v) is 2.82.